The number of rotatable bonds is 5. The molecule has 0 aliphatic heterocycles. The van der Waals surface area contributed by atoms with Gasteiger partial charge in [-0.1, -0.05) is 18.2 Å². The lowest BCUT2D eigenvalue weighted by Gasteiger charge is -2.07. The van der Waals surface area contributed by atoms with Crippen LogP contribution in [0.15, 0.2) is 54.7 Å². The number of hydrogen-bond donors (Lipinski definition) is 0. The highest BCUT2D eigenvalue weighted by atomic mass is 16.6. The number of nitriles is 1. The Hall–Kier alpha value is -3.26. The maximum absolute atomic E-state index is 12.2. The van der Waals surface area contributed by atoms with Crippen molar-refractivity contribution in [2.75, 3.05) is 13.2 Å². The van der Waals surface area contributed by atoms with Crippen LogP contribution in [0.2, 0.25) is 0 Å². The van der Waals surface area contributed by atoms with Crippen LogP contribution in [0.1, 0.15) is 15.9 Å². The SMILES string of the molecule is Cn1cc(C(=O)OCCOc2ccc(C#N)cc2)c2ccccc21. The molecule has 0 bridgehead atoms. The molecule has 2 aromatic carbocycles. The van der Waals surface area contributed by atoms with E-state index in [1.165, 1.54) is 0 Å². The van der Waals surface area contributed by atoms with Crippen LogP contribution in [0.3, 0.4) is 0 Å². The first-order valence-electron chi connectivity index (χ1n) is 7.53. The first-order valence-corrected chi connectivity index (χ1v) is 7.53. The van der Waals surface area contributed by atoms with Gasteiger partial charge < -0.3 is 14.0 Å². The third-order valence-electron chi connectivity index (χ3n) is 3.69. The second-order valence-corrected chi connectivity index (χ2v) is 5.29. The number of carbonyl (C=O) groups excluding carboxylic acids is 1. The number of esters is 1. The number of ether oxygens (including phenoxy) is 2. The molecule has 0 N–H and O–H groups in total. The number of fused-ring (bicyclic) bond motifs is 1. The molecule has 0 aliphatic carbocycles. The fourth-order valence-electron chi connectivity index (χ4n) is 2.50. The molecule has 0 unspecified atom stereocenters. The van der Waals surface area contributed by atoms with E-state index in [1.54, 1.807) is 30.5 Å². The van der Waals surface area contributed by atoms with E-state index in [2.05, 4.69) is 0 Å². The maximum atomic E-state index is 12.2. The van der Waals surface area contributed by atoms with Gasteiger partial charge in [0.25, 0.3) is 0 Å². The Labute approximate surface area is 139 Å². The number of aromatic nitrogens is 1. The summed E-state index contributed by atoms with van der Waals surface area (Å²) in [5.41, 5.74) is 2.11. The fourth-order valence-corrected chi connectivity index (χ4v) is 2.50. The zero-order valence-electron chi connectivity index (χ0n) is 13.2. The van der Waals surface area contributed by atoms with Gasteiger partial charge in [0.15, 0.2) is 0 Å². The van der Waals surface area contributed by atoms with E-state index in [9.17, 15) is 4.79 Å². The molecule has 3 rings (SSSR count). The van der Waals surface area contributed by atoms with Gasteiger partial charge in [0, 0.05) is 24.1 Å². The van der Waals surface area contributed by atoms with Gasteiger partial charge in [-0.3, -0.25) is 0 Å². The summed E-state index contributed by atoms with van der Waals surface area (Å²) in [5, 5.41) is 9.61. The Morgan fingerprint density at radius 1 is 1.12 bits per heavy atom. The van der Waals surface area contributed by atoms with E-state index in [0.29, 0.717) is 16.9 Å². The van der Waals surface area contributed by atoms with Crippen molar-refractivity contribution in [2.45, 2.75) is 0 Å². The lowest BCUT2D eigenvalue weighted by atomic mass is 10.2. The average Bonchev–Trinajstić information content (AvgIpc) is 2.96. The molecule has 0 radical (unpaired) electrons. The Bertz CT molecular complexity index is 905. The van der Waals surface area contributed by atoms with Gasteiger partial charge in [-0.2, -0.15) is 5.26 Å². The molecule has 3 aromatic rings. The van der Waals surface area contributed by atoms with Crippen LogP contribution in [0.4, 0.5) is 0 Å². The van der Waals surface area contributed by atoms with Crippen molar-refractivity contribution in [3.8, 4) is 11.8 Å². The minimum absolute atomic E-state index is 0.155. The molecule has 0 saturated carbocycles. The van der Waals surface area contributed by atoms with Gasteiger partial charge in [-0.15, -0.1) is 0 Å². The Morgan fingerprint density at radius 3 is 2.62 bits per heavy atom. The number of para-hydroxylation sites is 1. The van der Waals surface area contributed by atoms with Crippen LogP contribution in [-0.2, 0) is 11.8 Å². The molecule has 24 heavy (non-hydrogen) atoms. The molecule has 0 amide bonds. The molecule has 5 nitrogen and oxygen atoms in total. The van der Waals surface area contributed by atoms with Crippen molar-refractivity contribution in [1.29, 1.82) is 5.26 Å². The highest BCUT2D eigenvalue weighted by molar-refractivity contribution is 6.04. The van der Waals surface area contributed by atoms with Crippen molar-refractivity contribution in [1.82, 2.24) is 4.57 Å². The number of carbonyl (C=O) groups is 1. The average molecular weight is 320 g/mol. The summed E-state index contributed by atoms with van der Waals surface area (Å²) in [4.78, 5) is 12.2. The van der Waals surface area contributed by atoms with E-state index in [0.717, 1.165) is 10.9 Å². The Morgan fingerprint density at radius 2 is 1.88 bits per heavy atom. The van der Waals surface area contributed by atoms with Gasteiger partial charge in [-0.25, -0.2) is 4.79 Å². The Balaban J connectivity index is 1.56. The van der Waals surface area contributed by atoms with Crippen LogP contribution in [-0.4, -0.2) is 23.8 Å². The van der Waals surface area contributed by atoms with Gasteiger partial charge in [-0.05, 0) is 30.3 Å². The van der Waals surface area contributed by atoms with Crippen LogP contribution >= 0.6 is 0 Å². The number of aryl methyl sites for hydroxylation is 1. The summed E-state index contributed by atoms with van der Waals surface area (Å²) in [7, 11) is 1.90. The molecular formula is C19H16N2O3. The molecule has 5 heteroatoms. The minimum Gasteiger partial charge on any atom is -0.490 e. The highest BCUT2D eigenvalue weighted by Crippen LogP contribution is 2.21. The van der Waals surface area contributed by atoms with Gasteiger partial charge in [0.2, 0.25) is 0 Å². The quantitative estimate of drug-likeness (QED) is 0.534. The summed E-state index contributed by atoms with van der Waals surface area (Å²) in [6.07, 6.45) is 1.77. The minimum atomic E-state index is -0.366. The highest BCUT2D eigenvalue weighted by Gasteiger charge is 2.14. The first-order chi connectivity index (χ1) is 11.7. The van der Waals surface area contributed by atoms with Crippen LogP contribution in [0.25, 0.3) is 10.9 Å². The number of nitrogens with zero attached hydrogens (tertiary/aromatic N) is 2. The molecule has 0 fully saturated rings. The van der Waals surface area contributed by atoms with Crippen molar-refractivity contribution < 1.29 is 14.3 Å². The number of benzene rings is 2. The van der Waals surface area contributed by atoms with E-state index in [4.69, 9.17) is 14.7 Å². The smallest absolute Gasteiger partial charge is 0.340 e. The molecule has 0 spiro atoms. The molecule has 0 aliphatic rings. The second kappa shape index (κ2) is 6.88. The van der Waals surface area contributed by atoms with Crippen molar-refractivity contribution in [3.05, 3.63) is 65.9 Å². The second-order valence-electron chi connectivity index (χ2n) is 5.29. The zero-order chi connectivity index (χ0) is 16.9. The first kappa shape index (κ1) is 15.6. The molecule has 1 heterocycles. The summed E-state index contributed by atoms with van der Waals surface area (Å²) >= 11 is 0. The molecule has 0 atom stereocenters. The van der Waals surface area contributed by atoms with Crippen LogP contribution in [0.5, 0.6) is 5.75 Å². The van der Waals surface area contributed by atoms with E-state index in [-0.39, 0.29) is 19.2 Å². The zero-order valence-corrected chi connectivity index (χ0v) is 13.2. The van der Waals surface area contributed by atoms with E-state index in [1.807, 2.05) is 41.9 Å². The third kappa shape index (κ3) is 3.23. The summed E-state index contributed by atoms with van der Waals surface area (Å²) in [5.74, 6) is 0.269. The van der Waals surface area contributed by atoms with Crippen LogP contribution < -0.4 is 4.74 Å². The molecule has 120 valence electrons. The van der Waals surface area contributed by atoms with E-state index >= 15 is 0 Å². The maximum Gasteiger partial charge on any atom is 0.340 e. The lowest BCUT2D eigenvalue weighted by Crippen LogP contribution is -2.12. The van der Waals surface area contributed by atoms with E-state index < -0.39 is 0 Å². The lowest BCUT2D eigenvalue weighted by molar-refractivity contribution is 0.0452. The Kier molecular flexibility index (Phi) is 4.48. The molecular weight excluding hydrogens is 304 g/mol. The monoisotopic (exact) mass is 320 g/mol. The summed E-state index contributed by atoms with van der Waals surface area (Å²) in [6, 6.07) is 16.5. The normalized spacial score (nSPS) is 10.3. The standard InChI is InChI=1S/C19H16N2O3/c1-21-13-17(16-4-2-3-5-18(16)21)19(22)24-11-10-23-15-8-6-14(12-20)7-9-15/h2-9,13H,10-11H2,1H3. The van der Waals surface area contributed by atoms with Crippen molar-refractivity contribution >= 4 is 16.9 Å². The largest absolute Gasteiger partial charge is 0.490 e. The van der Waals surface area contributed by atoms with Crippen molar-refractivity contribution in [3.63, 3.8) is 0 Å². The predicted octanol–water partition coefficient (Wildman–Crippen LogP) is 3.29. The third-order valence-corrected chi connectivity index (χ3v) is 3.69. The van der Waals surface area contributed by atoms with Crippen LogP contribution in [0, 0.1) is 11.3 Å². The number of hydrogen-bond acceptors (Lipinski definition) is 4. The fraction of sp³-hybridized carbons (Fsp3) is 0.158. The van der Waals surface area contributed by atoms with Crippen molar-refractivity contribution in [2.24, 2.45) is 7.05 Å². The topological polar surface area (TPSA) is 64.2 Å². The van der Waals surface area contributed by atoms with Gasteiger partial charge >= 0.3 is 5.97 Å². The molecule has 1 aromatic heterocycles. The predicted molar refractivity (Wildman–Crippen MR) is 89.9 cm³/mol. The van der Waals surface area contributed by atoms with Gasteiger partial charge in [0.1, 0.15) is 19.0 Å². The molecule has 0 saturated heterocycles. The summed E-state index contributed by atoms with van der Waals surface area (Å²) < 4.78 is 12.7. The summed E-state index contributed by atoms with van der Waals surface area (Å²) in [6.45, 7) is 0.407. The van der Waals surface area contributed by atoms with Gasteiger partial charge in [0.05, 0.1) is 17.2 Å².